The Balaban J connectivity index is 2.11. The fraction of sp³-hybridized carbons (Fsp3) is 0.312. The highest BCUT2D eigenvalue weighted by Crippen LogP contribution is 2.46. The van der Waals surface area contributed by atoms with E-state index in [1.54, 1.807) is 0 Å². The van der Waals surface area contributed by atoms with Gasteiger partial charge in [-0.05, 0) is 54.2 Å². The molecule has 0 amide bonds. The Kier molecular flexibility index (Phi) is 2.79. The van der Waals surface area contributed by atoms with Crippen LogP contribution in [-0.4, -0.2) is 11.1 Å². The van der Waals surface area contributed by atoms with E-state index in [4.69, 9.17) is 16.7 Å². The second-order valence-corrected chi connectivity index (χ2v) is 5.91. The van der Waals surface area contributed by atoms with Gasteiger partial charge in [-0.25, -0.2) is 4.79 Å². The highest BCUT2D eigenvalue weighted by atomic mass is 35.5. The molecule has 2 nitrogen and oxygen atoms in total. The van der Waals surface area contributed by atoms with E-state index in [2.05, 4.69) is 19.1 Å². The Labute approximate surface area is 117 Å². The van der Waals surface area contributed by atoms with Gasteiger partial charge in [-0.2, -0.15) is 0 Å². The van der Waals surface area contributed by atoms with Crippen molar-refractivity contribution in [3.63, 3.8) is 0 Å². The summed E-state index contributed by atoms with van der Waals surface area (Å²) in [5.74, 6) is -0.801. The Hall–Kier alpha value is -1.54. The highest BCUT2D eigenvalue weighted by Gasteiger charge is 2.37. The van der Waals surface area contributed by atoms with Crippen molar-refractivity contribution < 1.29 is 9.90 Å². The van der Waals surface area contributed by atoms with Crippen molar-refractivity contribution in [3.8, 4) is 0 Å². The number of carboxylic acid groups (broad SMARTS) is 1. The van der Waals surface area contributed by atoms with Gasteiger partial charge >= 0.3 is 5.97 Å². The number of benzene rings is 1. The number of hydrogen-bond donors (Lipinski definition) is 1. The quantitative estimate of drug-likeness (QED) is 0.844. The molecule has 0 saturated carbocycles. The summed E-state index contributed by atoms with van der Waals surface area (Å²) in [6.07, 6.45) is 6.27. The SMILES string of the molecule is CC12CCC(C(=O)O)=CC1=CCc1cc(Cl)ccc12. The maximum atomic E-state index is 11.1. The largest absolute Gasteiger partial charge is 0.478 e. The number of halogens is 1. The average Bonchev–Trinajstić information content (AvgIpc) is 2.37. The van der Waals surface area contributed by atoms with Crippen LogP contribution in [0.15, 0.2) is 41.5 Å². The van der Waals surface area contributed by atoms with Crippen molar-refractivity contribution >= 4 is 17.6 Å². The predicted octanol–water partition coefficient (Wildman–Crippen LogP) is 3.89. The zero-order valence-corrected chi connectivity index (χ0v) is 11.5. The van der Waals surface area contributed by atoms with Gasteiger partial charge in [0, 0.05) is 16.0 Å². The van der Waals surface area contributed by atoms with Crippen LogP contribution in [0.1, 0.15) is 30.9 Å². The standard InChI is InChI=1S/C16H15ClO2/c1-16-7-6-11(15(18)19)8-12(16)3-2-10-9-13(17)4-5-14(10)16/h3-5,8-9H,2,6-7H2,1H3,(H,18,19). The summed E-state index contributed by atoms with van der Waals surface area (Å²) in [7, 11) is 0. The number of carboxylic acids is 1. The molecule has 19 heavy (non-hydrogen) atoms. The topological polar surface area (TPSA) is 37.3 Å². The normalized spacial score (nSPS) is 24.9. The number of hydrogen-bond acceptors (Lipinski definition) is 1. The van der Waals surface area contributed by atoms with Crippen molar-refractivity contribution in [2.75, 3.05) is 0 Å². The third-order valence-corrected chi connectivity index (χ3v) is 4.57. The molecule has 0 radical (unpaired) electrons. The van der Waals surface area contributed by atoms with Gasteiger partial charge < -0.3 is 5.11 Å². The lowest BCUT2D eigenvalue weighted by atomic mass is 9.64. The fourth-order valence-corrected chi connectivity index (χ4v) is 3.38. The molecule has 1 aromatic rings. The van der Waals surface area contributed by atoms with Crippen LogP contribution >= 0.6 is 11.6 Å². The molecule has 0 bridgehead atoms. The second kappa shape index (κ2) is 4.24. The Bertz CT molecular complexity index is 628. The molecule has 0 aliphatic heterocycles. The molecule has 0 spiro atoms. The van der Waals surface area contributed by atoms with E-state index in [1.165, 1.54) is 11.1 Å². The van der Waals surface area contributed by atoms with E-state index in [0.717, 1.165) is 23.4 Å². The van der Waals surface area contributed by atoms with Crippen molar-refractivity contribution in [2.45, 2.75) is 31.6 Å². The summed E-state index contributed by atoms with van der Waals surface area (Å²) in [5.41, 5.74) is 4.12. The van der Waals surface area contributed by atoms with Gasteiger partial charge in [0.1, 0.15) is 0 Å². The molecular formula is C16H15ClO2. The van der Waals surface area contributed by atoms with Gasteiger partial charge in [-0.15, -0.1) is 0 Å². The first kappa shape index (κ1) is 12.5. The number of aliphatic carboxylic acids is 1. The Morgan fingerprint density at radius 2 is 2.21 bits per heavy atom. The first-order valence-corrected chi connectivity index (χ1v) is 6.82. The van der Waals surface area contributed by atoms with Crippen molar-refractivity contribution in [1.29, 1.82) is 0 Å². The first-order chi connectivity index (χ1) is 9.00. The molecule has 0 saturated heterocycles. The maximum Gasteiger partial charge on any atom is 0.331 e. The van der Waals surface area contributed by atoms with E-state index in [9.17, 15) is 4.79 Å². The third kappa shape index (κ3) is 1.91. The molecule has 1 N–H and O–H groups in total. The van der Waals surface area contributed by atoms with Crippen LogP contribution in [0.5, 0.6) is 0 Å². The lowest BCUT2D eigenvalue weighted by Gasteiger charge is -2.39. The van der Waals surface area contributed by atoms with Gasteiger partial charge in [-0.3, -0.25) is 0 Å². The van der Waals surface area contributed by atoms with E-state index < -0.39 is 5.97 Å². The van der Waals surface area contributed by atoms with Crippen LogP contribution in [0, 0.1) is 0 Å². The van der Waals surface area contributed by atoms with Crippen LogP contribution in [0.3, 0.4) is 0 Å². The van der Waals surface area contributed by atoms with Crippen LogP contribution in [-0.2, 0) is 16.6 Å². The summed E-state index contributed by atoms with van der Waals surface area (Å²) < 4.78 is 0. The van der Waals surface area contributed by atoms with Crippen molar-refractivity contribution in [2.24, 2.45) is 0 Å². The predicted molar refractivity (Wildman–Crippen MR) is 75.5 cm³/mol. The van der Waals surface area contributed by atoms with Crippen molar-refractivity contribution in [1.82, 2.24) is 0 Å². The van der Waals surface area contributed by atoms with Gasteiger partial charge in [0.05, 0.1) is 0 Å². The van der Waals surface area contributed by atoms with Gasteiger partial charge in [0.15, 0.2) is 0 Å². The maximum absolute atomic E-state index is 11.1. The summed E-state index contributed by atoms with van der Waals surface area (Å²) in [4.78, 5) is 11.1. The van der Waals surface area contributed by atoms with Crippen LogP contribution in [0.25, 0.3) is 0 Å². The summed E-state index contributed by atoms with van der Waals surface area (Å²) in [6, 6.07) is 6.03. The molecule has 2 aliphatic rings. The van der Waals surface area contributed by atoms with Crippen LogP contribution in [0.2, 0.25) is 5.02 Å². The molecule has 98 valence electrons. The molecule has 1 unspecified atom stereocenters. The number of rotatable bonds is 1. The summed E-state index contributed by atoms with van der Waals surface area (Å²) in [6.45, 7) is 2.19. The zero-order valence-electron chi connectivity index (χ0n) is 10.7. The van der Waals surface area contributed by atoms with Gasteiger partial charge in [-0.1, -0.05) is 30.7 Å². The summed E-state index contributed by atoms with van der Waals surface area (Å²) >= 11 is 6.05. The molecule has 0 heterocycles. The fourth-order valence-electron chi connectivity index (χ4n) is 3.18. The lowest BCUT2D eigenvalue weighted by molar-refractivity contribution is -0.132. The highest BCUT2D eigenvalue weighted by molar-refractivity contribution is 6.30. The van der Waals surface area contributed by atoms with Crippen molar-refractivity contribution in [3.05, 3.63) is 57.6 Å². The molecule has 0 fully saturated rings. The average molecular weight is 275 g/mol. The second-order valence-electron chi connectivity index (χ2n) is 5.47. The molecule has 0 aromatic heterocycles. The zero-order chi connectivity index (χ0) is 13.6. The molecular weight excluding hydrogens is 260 g/mol. The van der Waals surface area contributed by atoms with E-state index >= 15 is 0 Å². The Morgan fingerprint density at radius 1 is 1.42 bits per heavy atom. The monoisotopic (exact) mass is 274 g/mol. The minimum atomic E-state index is -0.801. The number of fused-ring (bicyclic) bond motifs is 3. The molecule has 3 heteroatoms. The minimum absolute atomic E-state index is 0.0723. The van der Waals surface area contributed by atoms with E-state index in [-0.39, 0.29) is 5.41 Å². The first-order valence-electron chi connectivity index (χ1n) is 6.44. The lowest BCUT2D eigenvalue weighted by Crippen LogP contribution is -2.32. The molecule has 2 aliphatic carbocycles. The summed E-state index contributed by atoms with van der Waals surface area (Å²) in [5, 5.41) is 9.89. The number of allylic oxidation sites excluding steroid dienone is 3. The molecule has 3 rings (SSSR count). The van der Waals surface area contributed by atoms with E-state index in [1.807, 2.05) is 18.2 Å². The van der Waals surface area contributed by atoms with E-state index in [0.29, 0.717) is 12.0 Å². The van der Waals surface area contributed by atoms with Gasteiger partial charge in [0.2, 0.25) is 0 Å². The third-order valence-electron chi connectivity index (χ3n) is 4.34. The van der Waals surface area contributed by atoms with Gasteiger partial charge in [0.25, 0.3) is 0 Å². The smallest absolute Gasteiger partial charge is 0.331 e. The van der Waals surface area contributed by atoms with Crippen LogP contribution in [0.4, 0.5) is 0 Å². The molecule has 1 aromatic carbocycles. The molecule has 1 atom stereocenters. The minimum Gasteiger partial charge on any atom is -0.478 e. The Morgan fingerprint density at radius 3 is 2.95 bits per heavy atom. The van der Waals surface area contributed by atoms with Crippen LogP contribution < -0.4 is 0 Å². The number of carbonyl (C=O) groups is 1.